The Morgan fingerprint density at radius 1 is 1.03 bits per heavy atom. The fourth-order valence-corrected chi connectivity index (χ4v) is 3.39. The van der Waals surface area contributed by atoms with Gasteiger partial charge in [-0.3, -0.25) is 4.79 Å². The molecule has 30 heavy (non-hydrogen) atoms. The predicted octanol–water partition coefficient (Wildman–Crippen LogP) is 2.81. The molecule has 0 bridgehead atoms. The molecule has 1 amide bonds. The molecule has 1 aromatic heterocycles. The number of nitrogens with zero attached hydrogens (tertiary/aromatic N) is 3. The maximum absolute atomic E-state index is 12.6. The number of carbonyl (C=O) groups is 1. The van der Waals surface area contributed by atoms with Crippen LogP contribution in [0.1, 0.15) is 23.4 Å². The van der Waals surface area contributed by atoms with Crippen molar-refractivity contribution in [2.75, 3.05) is 34.4 Å². The Morgan fingerprint density at radius 2 is 1.67 bits per heavy atom. The van der Waals surface area contributed by atoms with Crippen LogP contribution in [-0.4, -0.2) is 61.3 Å². The molecule has 1 atom stereocenters. The summed E-state index contributed by atoms with van der Waals surface area (Å²) in [5.74, 6) is 1.49. The summed E-state index contributed by atoms with van der Waals surface area (Å²) in [6.45, 7) is 4.92. The molecule has 2 heterocycles. The van der Waals surface area contributed by atoms with Crippen molar-refractivity contribution < 1.29 is 23.7 Å². The number of benzene rings is 1. The van der Waals surface area contributed by atoms with Gasteiger partial charge in [0.2, 0.25) is 11.7 Å². The molecule has 0 N–H and O–H groups in total. The van der Waals surface area contributed by atoms with Crippen LogP contribution in [0.4, 0.5) is 0 Å². The molecule has 0 aliphatic carbocycles. The zero-order valence-corrected chi connectivity index (χ0v) is 18.0. The Morgan fingerprint density at radius 3 is 2.23 bits per heavy atom. The first-order valence-electron chi connectivity index (χ1n) is 9.69. The first-order chi connectivity index (χ1) is 14.4. The molecule has 1 aromatic carbocycles. The van der Waals surface area contributed by atoms with E-state index in [9.17, 15) is 4.79 Å². The Hall–Kier alpha value is -3.29. The maximum atomic E-state index is 12.6. The minimum Gasteiger partial charge on any atom is -0.493 e. The SMILES string of the molecule is COc1cc(C=CC(=O)N2CCC(Oc3nc(C)cc(C)n3)C2)cc(OC)c1OC. The van der Waals surface area contributed by atoms with Crippen molar-refractivity contribution in [1.82, 2.24) is 14.9 Å². The number of hydrogen-bond acceptors (Lipinski definition) is 7. The molecule has 2 aromatic rings. The summed E-state index contributed by atoms with van der Waals surface area (Å²) < 4.78 is 21.9. The maximum Gasteiger partial charge on any atom is 0.317 e. The minimum absolute atomic E-state index is 0.0869. The lowest BCUT2D eigenvalue weighted by Crippen LogP contribution is -2.29. The van der Waals surface area contributed by atoms with Crippen LogP contribution in [-0.2, 0) is 4.79 Å². The lowest BCUT2D eigenvalue weighted by atomic mass is 10.1. The van der Waals surface area contributed by atoms with Gasteiger partial charge in [0.05, 0.1) is 27.9 Å². The number of likely N-dealkylation sites (tertiary alicyclic amines) is 1. The van der Waals surface area contributed by atoms with E-state index in [1.54, 1.807) is 44.4 Å². The van der Waals surface area contributed by atoms with Crippen LogP contribution in [0.15, 0.2) is 24.3 Å². The highest BCUT2D eigenvalue weighted by molar-refractivity contribution is 5.92. The lowest BCUT2D eigenvalue weighted by Gasteiger charge is -2.15. The average molecular weight is 413 g/mol. The van der Waals surface area contributed by atoms with Crippen molar-refractivity contribution >= 4 is 12.0 Å². The summed E-state index contributed by atoms with van der Waals surface area (Å²) >= 11 is 0. The zero-order chi connectivity index (χ0) is 21.7. The van der Waals surface area contributed by atoms with Crippen molar-refractivity contribution in [2.45, 2.75) is 26.4 Å². The predicted molar refractivity (Wildman–Crippen MR) is 112 cm³/mol. The molecule has 8 heteroatoms. The van der Waals surface area contributed by atoms with Gasteiger partial charge in [-0.2, -0.15) is 0 Å². The highest BCUT2D eigenvalue weighted by Crippen LogP contribution is 2.38. The van der Waals surface area contributed by atoms with Gasteiger partial charge in [-0.05, 0) is 43.7 Å². The molecular weight excluding hydrogens is 386 g/mol. The number of rotatable bonds is 7. The van der Waals surface area contributed by atoms with Crippen LogP contribution in [0.2, 0.25) is 0 Å². The Bertz CT molecular complexity index is 899. The van der Waals surface area contributed by atoms with E-state index in [0.717, 1.165) is 23.4 Å². The summed E-state index contributed by atoms with van der Waals surface area (Å²) in [6.07, 6.45) is 3.88. The van der Waals surface area contributed by atoms with Crippen molar-refractivity contribution in [3.63, 3.8) is 0 Å². The quantitative estimate of drug-likeness (QED) is 0.646. The van der Waals surface area contributed by atoms with Crippen LogP contribution >= 0.6 is 0 Å². The summed E-state index contributed by atoms with van der Waals surface area (Å²) in [4.78, 5) is 23.0. The van der Waals surface area contributed by atoms with Gasteiger partial charge in [0.15, 0.2) is 11.5 Å². The smallest absolute Gasteiger partial charge is 0.317 e. The molecule has 1 fully saturated rings. The van der Waals surface area contributed by atoms with Gasteiger partial charge in [0.25, 0.3) is 0 Å². The standard InChI is InChI=1S/C22H27N3O5/c1-14-10-15(2)24-22(23-14)30-17-8-9-25(13-17)20(26)7-6-16-11-18(27-3)21(29-5)19(12-16)28-4/h6-7,10-12,17H,8-9,13H2,1-5H3. The first kappa shape index (κ1) is 21.4. The second-order valence-corrected chi connectivity index (χ2v) is 7.04. The monoisotopic (exact) mass is 413 g/mol. The van der Waals surface area contributed by atoms with Crippen LogP contribution in [0, 0.1) is 13.8 Å². The highest BCUT2D eigenvalue weighted by atomic mass is 16.5. The van der Waals surface area contributed by atoms with Crippen molar-refractivity contribution in [3.05, 3.63) is 41.2 Å². The molecule has 0 radical (unpaired) electrons. The number of hydrogen-bond donors (Lipinski definition) is 0. The Balaban J connectivity index is 1.64. The molecule has 1 aliphatic heterocycles. The normalized spacial score (nSPS) is 16.0. The average Bonchev–Trinajstić information content (AvgIpc) is 3.18. The van der Waals surface area contributed by atoms with Crippen LogP contribution in [0.5, 0.6) is 23.3 Å². The Labute approximate surface area is 176 Å². The van der Waals surface area contributed by atoms with E-state index in [2.05, 4.69) is 9.97 Å². The number of amides is 1. The molecule has 1 aliphatic rings. The molecule has 1 saturated heterocycles. The third kappa shape index (κ3) is 5.00. The largest absolute Gasteiger partial charge is 0.493 e. The van der Waals surface area contributed by atoms with Crippen LogP contribution in [0.3, 0.4) is 0 Å². The zero-order valence-electron chi connectivity index (χ0n) is 18.0. The summed E-state index contributed by atoms with van der Waals surface area (Å²) in [7, 11) is 4.66. The second-order valence-electron chi connectivity index (χ2n) is 7.04. The van der Waals surface area contributed by atoms with Gasteiger partial charge in [0, 0.05) is 30.4 Å². The van der Waals surface area contributed by atoms with Crippen molar-refractivity contribution in [1.29, 1.82) is 0 Å². The number of aryl methyl sites for hydroxylation is 2. The van der Waals surface area contributed by atoms with Crippen LogP contribution in [0.25, 0.3) is 6.08 Å². The third-order valence-corrected chi connectivity index (χ3v) is 4.80. The summed E-state index contributed by atoms with van der Waals surface area (Å²) in [5.41, 5.74) is 2.49. The molecular formula is C22H27N3O5. The number of aromatic nitrogens is 2. The third-order valence-electron chi connectivity index (χ3n) is 4.80. The Kier molecular flexibility index (Phi) is 6.76. The number of methoxy groups -OCH3 is 3. The number of carbonyl (C=O) groups excluding carboxylic acids is 1. The van der Waals surface area contributed by atoms with E-state index in [1.165, 1.54) is 6.08 Å². The number of ether oxygens (including phenoxy) is 4. The van der Waals surface area contributed by atoms with Crippen LogP contribution < -0.4 is 18.9 Å². The van der Waals surface area contributed by atoms with E-state index in [-0.39, 0.29) is 12.0 Å². The molecule has 0 saturated carbocycles. The molecule has 0 spiro atoms. The van der Waals surface area contributed by atoms with E-state index >= 15 is 0 Å². The first-order valence-corrected chi connectivity index (χ1v) is 9.69. The van der Waals surface area contributed by atoms with E-state index in [1.807, 2.05) is 19.9 Å². The molecule has 3 rings (SSSR count). The van der Waals surface area contributed by atoms with Gasteiger partial charge in [0.1, 0.15) is 6.10 Å². The van der Waals surface area contributed by atoms with Gasteiger partial charge in [-0.1, -0.05) is 0 Å². The highest BCUT2D eigenvalue weighted by Gasteiger charge is 2.27. The van der Waals surface area contributed by atoms with E-state index in [4.69, 9.17) is 18.9 Å². The summed E-state index contributed by atoms with van der Waals surface area (Å²) in [6, 6.07) is 5.84. The second kappa shape index (κ2) is 9.47. The fourth-order valence-electron chi connectivity index (χ4n) is 3.39. The van der Waals surface area contributed by atoms with E-state index < -0.39 is 0 Å². The van der Waals surface area contributed by atoms with Gasteiger partial charge >= 0.3 is 6.01 Å². The molecule has 160 valence electrons. The topological polar surface area (TPSA) is 83.0 Å². The molecule has 8 nitrogen and oxygen atoms in total. The van der Waals surface area contributed by atoms with Crippen molar-refractivity contribution in [2.24, 2.45) is 0 Å². The lowest BCUT2D eigenvalue weighted by molar-refractivity contribution is -0.125. The van der Waals surface area contributed by atoms with Gasteiger partial charge in [-0.25, -0.2) is 9.97 Å². The van der Waals surface area contributed by atoms with Crippen molar-refractivity contribution in [3.8, 4) is 23.3 Å². The van der Waals surface area contributed by atoms with E-state index in [0.29, 0.717) is 36.3 Å². The van der Waals surface area contributed by atoms with Gasteiger partial charge < -0.3 is 23.8 Å². The minimum atomic E-state index is -0.121. The molecule has 1 unspecified atom stereocenters. The fraction of sp³-hybridized carbons (Fsp3) is 0.409. The van der Waals surface area contributed by atoms with Gasteiger partial charge in [-0.15, -0.1) is 0 Å². The summed E-state index contributed by atoms with van der Waals surface area (Å²) in [5, 5.41) is 0.